The van der Waals surface area contributed by atoms with Crippen molar-refractivity contribution < 1.29 is 9.47 Å². The molecule has 8 heteroatoms. The normalized spacial score (nSPS) is 15.6. The molecule has 0 saturated carbocycles. The standard InChI is InChI=1S/C30H28N6O2/c31-19-28-32-13-10-27(34-28)33-24-11-14-36(15-12-24)20-21-6-8-22(9-7-21)25-18-26-30(38-17-16-37-26)35-29(25)23-4-2-1-3-5-23/h1-10,13,18,24H,11-12,14-17,20H2,(H,32,33,34). The van der Waals surface area contributed by atoms with E-state index in [9.17, 15) is 0 Å². The van der Waals surface area contributed by atoms with Gasteiger partial charge < -0.3 is 14.8 Å². The van der Waals surface area contributed by atoms with Crippen LogP contribution in [0.2, 0.25) is 0 Å². The number of rotatable bonds is 6. The molecular weight excluding hydrogens is 476 g/mol. The van der Waals surface area contributed by atoms with Gasteiger partial charge >= 0.3 is 0 Å². The van der Waals surface area contributed by atoms with E-state index in [1.165, 1.54) is 5.56 Å². The second kappa shape index (κ2) is 10.9. The third-order valence-corrected chi connectivity index (χ3v) is 6.95. The molecule has 2 aromatic carbocycles. The van der Waals surface area contributed by atoms with Crippen LogP contribution in [0.5, 0.6) is 11.6 Å². The zero-order valence-electron chi connectivity index (χ0n) is 21.0. The fourth-order valence-electron chi connectivity index (χ4n) is 5.00. The van der Waals surface area contributed by atoms with Gasteiger partial charge in [-0.05, 0) is 36.1 Å². The quantitative estimate of drug-likeness (QED) is 0.395. The lowest BCUT2D eigenvalue weighted by atomic mass is 9.97. The van der Waals surface area contributed by atoms with Crippen molar-refractivity contribution in [2.24, 2.45) is 0 Å². The third-order valence-electron chi connectivity index (χ3n) is 6.95. The number of piperidine rings is 1. The largest absolute Gasteiger partial charge is 0.484 e. The minimum Gasteiger partial charge on any atom is -0.484 e. The predicted octanol–water partition coefficient (Wildman–Crippen LogP) is 4.92. The van der Waals surface area contributed by atoms with Gasteiger partial charge in [-0.25, -0.2) is 15.0 Å². The molecule has 1 fully saturated rings. The van der Waals surface area contributed by atoms with Crippen LogP contribution in [0.15, 0.2) is 72.9 Å². The predicted molar refractivity (Wildman–Crippen MR) is 145 cm³/mol. The Kier molecular flexibility index (Phi) is 6.83. The van der Waals surface area contributed by atoms with Gasteiger partial charge in [0.2, 0.25) is 5.82 Å². The second-order valence-electron chi connectivity index (χ2n) is 9.52. The molecule has 38 heavy (non-hydrogen) atoms. The van der Waals surface area contributed by atoms with Crippen molar-refractivity contribution in [1.29, 1.82) is 5.26 Å². The summed E-state index contributed by atoms with van der Waals surface area (Å²) in [6.07, 6.45) is 3.66. The van der Waals surface area contributed by atoms with Crippen molar-refractivity contribution in [3.63, 3.8) is 0 Å². The van der Waals surface area contributed by atoms with E-state index in [1.54, 1.807) is 6.20 Å². The van der Waals surface area contributed by atoms with Gasteiger partial charge in [-0.15, -0.1) is 0 Å². The Balaban J connectivity index is 1.13. The average molecular weight is 505 g/mol. The van der Waals surface area contributed by atoms with E-state index in [-0.39, 0.29) is 5.82 Å². The SMILES string of the molecule is N#Cc1nccc(NC2CCN(Cc3ccc(-c4cc5c(nc4-c4ccccc4)OCCO5)cc3)CC2)n1. The van der Waals surface area contributed by atoms with E-state index >= 15 is 0 Å². The highest BCUT2D eigenvalue weighted by atomic mass is 16.6. The molecule has 0 aliphatic carbocycles. The molecular formula is C30H28N6O2. The number of hydrogen-bond acceptors (Lipinski definition) is 8. The van der Waals surface area contributed by atoms with Gasteiger partial charge in [0, 0.05) is 43.0 Å². The minimum absolute atomic E-state index is 0.193. The van der Waals surface area contributed by atoms with E-state index in [4.69, 9.17) is 19.7 Å². The zero-order chi connectivity index (χ0) is 25.7. The number of pyridine rings is 1. The van der Waals surface area contributed by atoms with Crippen molar-refractivity contribution in [2.75, 3.05) is 31.6 Å². The second-order valence-corrected chi connectivity index (χ2v) is 9.52. The van der Waals surface area contributed by atoms with Gasteiger partial charge in [0.25, 0.3) is 5.88 Å². The maximum absolute atomic E-state index is 9.01. The fourth-order valence-corrected chi connectivity index (χ4v) is 5.00. The van der Waals surface area contributed by atoms with Gasteiger partial charge in [-0.3, -0.25) is 4.90 Å². The first-order chi connectivity index (χ1) is 18.7. The molecule has 2 aliphatic rings. The van der Waals surface area contributed by atoms with Gasteiger partial charge in [-0.2, -0.15) is 5.26 Å². The fraction of sp³-hybridized carbons (Fsp3) is 0.267. The molecule has 0 atom stereocenters. The molecule has 4 aromatic rings. The number of likely N-dealkylation sites (tertiary alicyclic amines) is 1. The van der Waals surface area contributed by atoms with E-state index in [2.05, 4.69) is 56.6 Å². The molecule has 6 rings (SSSR count). The molecule has 1 N–H and O–H groups in total. The lowest BCUT2D eigenvalue weighted by Crippen LogP contribution is -2.38. The number of nitriles is 1. The monoisotopic (exact) mass is 504 g/mol. The van der Waals surface area contributed by atoms with E-state index < -0.39 is 0 Å². The lowest BCUT2D eigenvalue weighted by molar-refractivity contribution is 0.165. The number of fused-ring (bicyclic) bond motifs is 1. The van der Waals surface area contributed by atoms with Crippen molar-refractivity contribution in [1.82, 2.24) is 19.9 Å². The molecule has 1 saturated heterocycles. The smallest absolute Gasteiger partial charge is 0.257 e. The molecule has 0 amide bonds. The van der Waals surface area contributed by atoms with E-state index in [0.29, 0.717) is 36.7 Å². The highest BCUT2D eigenvalue weighted by molar-refractivity contribution is 5.82. The van der Waals surface area contributed by atoms with Crippen LogP contribution in [0.1, 0.15) is 24.2 Å². The zero-order valence-corrected chi connectivity index (χ0v) is 21.0. The third kappa shape index (κ3) is 5.29. The van der Waals surface area contributed by atoms with Crippen molar-refractivity contribution >= 4 is 5.82 Å². The molecule has 190 valence electrons. The summed E-state index contributed by atoms with van der Waals surface area (Å²) in [5.41, 5.74) is 5.35. The van der Waals surface area contributed by atoms with Crippen LogP contribution in [0.4, 0.5) is 5.82 Å². The van der Waals surface area contributed by atoms with Gasteiger partial charge in [-0.1, -0.05) is 54.6 Å². The van der Waals surface area contributed by atoms with Crippen LogP contribution >= 0.6 is 0 Å². The lowest BCUT2D eigenvalue weighted by Gasteiger charge is -2.32. The number of anilines is 1. The number of benzene rings is 2. The summed E-state index contributed by atoms with van der Waals surface area (Å²) < 4.78 is 11.6. The van der Waals surface area contributed by atoms with Crippen LogP contribution in [-0.2, 0) is 6.54 Å². The van der Waals surface area contributed by atoms with Crippen molar-refractivity contribution in [2.45, 2.75) is 25.4 Å². The first kappa shape index (κ1) is 23.9. The van der Waals surface area contributed by atoms with Crippen LogP contribution in [0, 0.1) is 11.3 Å². The Morgan fingerprint density at radius 3 is 2.50 bits per heavy atom. The Morgan fingerprint density at radius 1 is 0.921 bits per heavy atom. The van der Waals surface area contributed by atoms with Crippen LogP contribution in [0.3, 0.4) is 0 Å². The molecule has 2 aromatic heterocycles. The number of nitrogens with one attached hydrogen (secondary N) is 1. The summed E-state index contributed by atoms with van der Waals surface area (Å²) in [6, 6.07) is 25.2. The molecule has 0 radical (unpaired) electrons. The summed E-state index contributed by atoms with van der Waals surface area (Å²) in [6.45, 7) is 3.95. The highest BCUT2D eigenvalue weighted by Gasteiger charge is 2.21. The van der Waals surface area contributed by atoms with Crippen LogP contribution in [-0.4, -0.2) is 52.2 Å². The molecule has 0 unspecified atom stereocenters. The summed E-state index contributed by atoms with van der Waals surface area (Å²) >= 11 is 0. The summed E-state index contributed by atoms with van der Waals surface area (Å²) in [5.74, 6) is 2.16. The Bertz CT molecular complexity index is 1440. The number of hydrogen-bond donors (Lipinski definition) is 1. The summed E-state index contributed by atoms with van der Waals surface area (Å²) in [7, 11) is 0. The van der Waals surface area contributed by atoms with E-state index in [0.717, 1.165) is 54.9 Å². The molecule has 8 nitrogen and oxygen atoms in total. The van der Waals surface area contributed by atoms with Crippen molar-refractivity contribution in [3.05, 3.63) is 84.3 Å². The summed E-state index contributed by atoms with van der Waals surface area (Å²) in [5, 5.41) is 12.5. The molecule has 4 heterocycles. The number of nitrogens with zero attached hydrogens (tertiary/aromatic N) is 5. The van der Waals surface area contributed by atoms with E-state index in [1.807, 2.05) is 36.4 Å². The number of ether oxygens (including phenoxy) is 2. The summed E-state index contributed by atoms with van der Waals surface area (Å²) in [4.78, 5) is 15.5. The Labute approximate surface area is 221 Å². The average Bonchev–Trinajstić information content (AvgIpc) is 2.98. The van der Waals surface area contributed by atoms with Crippen molar-refractivity contribution in [3.8, 4) is 40.1 Å². The Morgan fingerprint density at radius 2 is 1.71 bits per heavy atom. The van der Waals surface area contributed by atoms with Gasteiger partial charge in [0.1, 0.15) is 25.1 Å². The molecule has 0 bridgehead atoms. The maximum Gasteiger partial charge on any atom is 0.257 e. The van der Waals surface area contributed by atoms with Crippen LogP contribution < -0.4 is 14.8 Å². The maximum atomic E-state index is 9.01. The first-order valence-corrected chi connectivity index (χ1v) is 12.9. The first-order valence-electron chi connectivity index (χ1n) is 12.9. The number of aromatic nitrogens is 3. The van der Waals surface area contributed by atoms with Gasteiger partial charge in [0.05, 0.1) is 5.69 Å². The minimum atomic E-state index is 0.193. The molecule has 0 spiro atoms. The Hall–Kier alpha value is -4.48. The van der Waals surface area contributed by atoms with Crippen LogP contribution in [0.25, 0.3) is 22.4 Å². The topological polar surface area (TPSA) is 96.2 Å². The van der Waals surface area contributed by atoms with Gasteiger partial charge in [0.15, 0.2) is 5.75 Å². The molecule has 2 aliphatic heterocycles. The highest BCUT2D eigenvalue weighted by Crippen LogP contribution is 2.39.